The number of nitrogen functional groups attached to an aromatic ring is 1. The van der Waals surface area contributed by atoms with Gasteiger partial charge in [-0.05, 0) is 31.8 Å². The van der Waals surface area contributed by atoms with Crippen LogP contribution in [0.5, 0.6) is 0 Å². The van der Waals surface area contributed by atoms with Crippen molar-refractivity contribution in [2.45, 2.75) is 18.8 Å². The minimum absolute atomic E-state index is 0.215. The van der Waals surface area contributed by atoms with Gasteiger partial charge < -0.3 is 20.3 Å². The number of carbonyl (C=O) groups excluding carboxylic acids is 1. The molecule has 6 heteroatoms. The number of piperidine rings is 1. The smallest absolute Gasteiger partial charge is 0.360 e. The van der Waals surface area contributed by atoms with E-state index in [-0.39, 0.29) is 17.5 Å². The number of aromatic nitrogens is 1. The molecule has 0 bridgehead atoms. The standard InChI is InChI=1S/C10H15N3O3/c1-15-10(14)8-7(9(11)16-13-8)6-2-4-12-5-3-6/h6,12H,2-5,11H2,1H3. The Balaban J connectivity index is 2.30. The number of carbonyl (C=O) groups is 1. The van der Waals surface area contributed by atoms with E-state index in [9.17, 15) is 4.79 Å². The van der Waals surface area contributed by atoms with Gasteiger partial charge in [-0.1, -0.05) is 5.16 Å². The molecule has 2 heterocycles. The average Bonchev–Trinajstić information content (AvgIpc) is 2.71. The van der Waals surface area contributed by atoms with E-state index in [2.05, 4.69) is 15.2 Å². The van der Waals surface area contributed by atoms with Gasteiger partial charge in [0, 0.05) is 0 Å². The van der Waals surface area contributed by atoms with E-state index >= 15 is 0 Å². The molecule has 0 spiro atoms. The highest BCUT2D eigenvalue weighted by molar-refractivity contribution is 5.90. The summed E-state index contributed by atoms with van der Waals surface area (Å²) in [5.74, 6) is -0.0390. The van der Waals surface area contributed by atoms with Crippen molar-refractivity contribution >= 4 is 11.9 Å². The van der Waals surface area contributed by atoms with Crippen molar-refractivity contribution in [2.75, 3.05) is 25.9 Å². The molecule has 1 fully saturated rings. The Kier molecular flexibility index (Phi) is 3.09. The molecule has 1 aliphatic heterocycles. The summed E-state index contributed by atoms with van der Waals surface area (Å²) in [6.45, 7) is 1.83. The lowest BCUT2D eigenvalue weighted by Crippen LogP contribution is -2.27. The van der Waals surface area contributed by atoms with E-state index < -0.39 is 5.97 Å². The maximum absolute atomic E-state index is 11.5. The van der Waals surface area contributed by atoms with E-state index in [1.807, 2.05) is 0 Å². The third-order valence-electron chi connectivity index (χ3n) is 2.88. The van der Waals surface area contributed by atoms with Gasteiger partial charge in [0.05, 0.1) is 12.7 Å². The summed E-state index contributed by atoms with van der Waals surface area (Å²) in [6, 6.07) is 0. The Labute approximate surface area is 93.1 Å². The number of hydrogen-bond donors (Lipinski definition) is 2. The van der Waals surface area contributed by atoms with Crippen LogP contribution in [0.15, 0.2) is 4.52 Å². The summed E-state index contributed by atoms with van der Waals surface area (Å²) in [6.07, 6.45) is 1.85. The molecule has 0 radical (unpaired) electrons. The Morgan fingerprint density at radius 3 is 2.88 bits per heavy atom. The average molecular weight is 225 g/mol. The summed E-state index contributed by atoms with van der Waals surface area (Å²) in [5.41, 5.74) is 6.62. The topological polar surface area (TPSA) is 90.4 Å². The summed E-state index contributed by atoms with van der Waals surface area (Å²) >= 11 is 0. The number of nitrogens with two attached hydrogens (primary N) is 1. The molecule has 0 saturated carbocycles. The van der Waals surface area contributed by atoms with Gasteiger partial charge in [0.15, 0.2) is 5.69 Å². The van der Waals surface area contributed by atoms with Crippen molar-refractivity contribution in [1.29, 1.82) is 0 Å². The summed E-state index contributed by atoms with van der Waals surface area (Å²) < 4.78 is 9.53. The largest absolute Gasteiger partial charge is 0.464 e. The maximum atomic E-state index is 11.5. The zero-order chi connectivity index (χ0) is 11.5. The van der Waals surface area contributed by atoms with Crippen LogP contribution in [0.1, 0.15) is 34.8 Å². The van der Waals surface area contributed by atoms with Crippen LogP contribution in [-0.4, -0.2) is 31.3 Å². The zero-order valence-electron chi connectivity index (χ0n) is 9.16. The molecule has 1 saturated heterocycles. The lowest BCUT2D eigenvalue weighted by atomic mass is 9.90. The predicted molar refractivity (Wildman–Crippen MR) is 57.1 cm³/mol. The highest BCUT2D eigenvalue weighted by atomic mass is 16.5. The lowest BCUT2D eigenvalue weighted by Gasteiger charge is -2.22. The molecule has 3 N–H and O–H groups in total. The van der Waals surface area contributed by atoms with E-state index in [1.54, 1.807) is 0 Å². The summed E-state index contributed by atoms with van der Waals surface area (Å²) in [5, 5.41) is 6.92. The second-order valence-electron chi connectivity index (χ2n) is 3.82. The van der Waals surface area contributed by atoms with Gasteiger partial charge in [-0.3, -0.25) is 0 Å². The van der Waals surface area contributed by atoms with Gasteiger partial charge in [0.25, 0.3) is 0 Å². The van der Waals surface area contributed by atoms with Crippen LogP contribution in [-0.2, 0) is 4.74 Å². The molecule has 2 rings (SSSR count). The molecule has 0 amide bonds. The number of rotatable bonds is 2. The quantitative estimate of drug-likeness (QED) is 0.713. The second-order valence-corrected chi connectivity index (χ2v) is 3.82. The van der Waals surface area contributed by atoms with E-state index in [0.29, 0.717) is 5.56 Å². The number of anilines is 1. The Bertz CT molecular complexity index is 383. The highest BCUT2D eigenvalue weighted by Gasteiger charge is 2.28. The second kappa shape index (κ2) is 4.52. The minimum Gasteiger partial charge on any atom is -0.464 e. The van der Waals surface area contributed by atoms with Crippen molar-refractivity contribution < 1.29 is 14.1 Å². The van der Waals surface area contributed by atoms with Crippen LogP contribution in [0.4, 0.5) is 5.88 Å². The number of methoxy groups -OCH3 is 1. The molecule has 1 aliphatic rings. The highest BCUT2D eigenvalue weighted by Crippen LogP contribution is 2.32. The van der Waals surface area contributed by atoms with Crippen LogP contribution in [0.2, 0.25) is 0 Å². The fraction of sp³-hybridized carbons (Fsp3) is 0.600. The molecule has 6 nitrogen and oxygen atoms in total. The number of nitrogens with one attached hydrogen (secondary N) is 1. The molecule has 88 valence electrons. The minimum atomic E-state index is -0.492. The van der Waals surface area contributed by atoms with Gasteiger partial charge in [-0.25, -0.2) is 4.79 Å². The van der Waals surface area contributed by atoms with Crippen LogP contribution < -0.4 is 11.1 Å². The van der Waals surface area contributed by atoms with Crippen molar-refractivity contribution in [3.8, 4) is 0 Å². The van der Waals surface area contributed by atoms with E-state index in [0.717, 1.165) is 25.9 Å². The van der Waals surface area contributed by atoms with Gasteiger partial charge in [-0.2, -0.15) is 0 Å². The molecular formula is C10H15N3O3. The number of hydrogen-bond acceptors (Lipinski definition) is 6. The maximum Gasteiger partial charge on any atom is 0.360 e. The molecular weight excluding hydrogens is 210 g/mol. The van der Waals surface area contributed by atoms with Crippen LogP contribution >= 0.6 is 0 Å². The van der Waals surface area contributed by atoms with Gasteiger partial charge in [-0.15, -0.1) is 0 Å². The predicted octanol–water partition coefficient (Wildman–Crippen LogP) is 0.510. The first-order valence-electron chi connectivity index (χ1n) is 5.28. The molecule has 16 heavy (non-hydrogen) atoms. The number of nitrogens with zero attached hydrogens (tertiary/aromatic N) is 1. The molecule has 0 atom stereocenters. The Morgan fingerprint density at radius 1 is 1.56 bits per heavy atom. The van der Waals surface area contributed by atoms with Crippen molar-refractivity contribution in [1.82, 2.24) is 10.5 Å². The molecule has 1 aromatic heterocycles. The van der Waals surface area contributed by atoms with Gasteiger partial charge in [0.2, 0.25) is 5.88 Å². The first-order valence-corrected chi connectivity index (χ1v) is 5.28. The van der Waals surface area contributed by atoms with Gasteiger partial charge >= 0.3 is 5.97 Å². The van der Waals surface area contributed by atoms with Crippen molar-refractivity contribution in [2.24, 2.45) is 0 Å². The first kappa shape index (κ1) is 10.9. The molecule has 0 aliphatic carbocycles. The fourth-order valence-electron chi connectivity index (χ4n) is 2.06. The molecule has 1 aromatic rings. The normalized spacial score (nSPS) is 17.3. The lowest BCUT2D eigenvalue weighted by molar-refractivity contribution is 0.0587. The zero-order valence-corrected chi connectivity index (χ0v) is 9.16. The van der Waals surface area contributed by atoms with Crippen LogP contribution in [0.3, 0.4) is 0 Å². The van der Waals surface area contributed by atoms with E-state index in [1.165, 1.54) is 7.11 Å². The number of esters is 1. The Hall–Kier alpha value is -1.56. The monoisotopic (exact) mass is 225 g/mol. The first-order chi connectivity index (χ1) is 7.74. The van der Waals surface area contributed by atoms with Crippen LogP contribution in [0.25, 0.3) is 0 Å². The Morgan fingerprint density at radius 2 is 2.25 bits per heavy atom. The van der Waals surface area contributed by atoms with E-state index in [4.69, 9.17) is 10.3 Å². The van der Waals surface area contributed by atoms with Crippen molar-refractivity contribution in [3.05, 3.63) is 11.3 Å². The molecule has 0 aromatic carbocycles. The third kappa shape index (κ3) is 1.88. The van der Waals surface area contributed by atoms with Crippen LogP contribution in [0, 0.1) is 0 Å². The van der Waals surface area contributed by atoms with Gasteiger partial charge in [0.1, 0.15) is 0 Å². The summed E-state index contributed by atoms with van der Waals surface area (Å²) in [7, 11) is 1.32. The SMILES string of the molecule is COC(=O)c1noc(N)c1C1CCNCC1. The van der Waals surface area contributed by atoms with Crippen molar-refractivity contribution in [3.63, 3.8) is 0 Å². The summed E-state index contributed by atoms with van der Waals surface area (Å²) in [4.78, 5) is 11.5. The third-order valence-corrected chi connectivity index (χ3v) is 2.88. The molecule has 0 unspecified atom stereocenters. The fourth-order valence-corrected chi connectivity index (χ4v) is 2.06. The number of ether oxygens (including phenoxy) is 1.